The molecule has 2 N–H and O–H groups in total. The van der Waals surface area contributed by atoms with Gasteiger partial charge in [0.1, 0.15) is 0 Å². The summed E-state index contributed by atoms with van der Waals surface area (Å²) in [6.07, 6.45) is 1.43. The summed E-state index contributed by atoms with van der Waals surface area (Å²) in [7, 11) is 1.54. The quantitative estimate of drug-likeness (QED) is 0.725. The number of amides is 1. The Hall–Kier alpha value is -3.55. The number of rotatable bonds is 5. The van der Waals surface area contributed by atoms with Crippen molar-refractivity contribution in [2.75, 3.05) is 0 Å². The van der Waals surface area contributed by atoms with Crippen LogP contribution >= 0.6 is 0 Å². The van der Waals surface area contributed by atoms with Crippen LogP contribution in [-0.2, 0) is 13.6 Å². The minimum absolute atomic E-state index is 0.0543. The largest absolute Gasteiger partial charge is 0.477 e. The van der Waals surface area contributed by atoms with E-state index >= 15 is 0 Å². The fraction of sp³-hybridized carbons (Fsp3) is 0.167. The van der Waals surface area contributed by atoms with Gasteiger partial charge < -0.3 is 10.4 Å². The second-order valence-electron chi connectivity index (χ2n) is 5.77. The summed E-state index contributed by atoms with van der Waals surface area (Å²) in [6.45, 7) is 1.95. The number of aromatic nitrogens is 4. The van der Waals surface area contributed by atoms with Crippen molar-refractivity contribution < 1.29 is 14.7 Å². The Balaban J connectivity index is 1.69. The van der Waals surface area contributed by atoms with Crippen LogP contribution in [-0.4, -0.2) is 37.0 Å². The highest BCUT2D eigenvalue weighted by atomic mass is 16.4. The molecular weight excluding hydrogens is 334 g/mol. The number of nitrogens with one attached hydrogen (secondary N) is 1. The first kappa shape index (κ1) is 17.3. The number of carbonyl (C=O) groups is 2. The van der Waals surface area contributed by atoms with Crippen molar-refractivity contribution in [3.8, 4) is 11.3 Å². The first-order valence-electron chi connectivity index (χ1n) is 7.89. The summed E-state index contributed by atoms with van der Waals surface area (Å²) in [4.78, 5) is 23.5. The summed E-state index contributed by atoms with van der Waals surface area (Å²) in [6, 6.07) is 10.7. The summed E-state index contributed by atoms with van der Waals surface area (Å²) in [5.41, 5.74) is 3.38. The van der Waals surface area contributed by atoms with Crippen LogP contribution in [0.5, 0.6) is 0 Å². The number of carboxylic acid groups (broad SMARTS) is 1. The zero-order valence-corrected chi connectivity index (χ0v) is 14.3. The second kappa shape index (κ2) is 7.14. The number of carboxylic acids is 1. The van der Waals surface area contributed by atoms with Crippen LogP contribution in [0.1, 0.15) is 32.1 Å². The minimum atomic E-state index is -1.09. The Morgan fingerprint density at radius 3 is 2.46 bits per heavy atom. The van der Waals surface area contributed by atoms with E-state index < -0.39 is 5.97 Å². The van der Waals surface area contributed by atoms with Gasteiger partial charge >= 0.3 is 5.97 Å². The molecule has 3 aromatic rings. The van der Waals surface area contributed by atoms with Crippen molar-refractivity contribution in [2.45, 2.75) is 13.5 Å². The predicted molar refractivity (Wildman–Crippen MR) is 93.5 cm³/mol. The average Bonchev–Trinajstić information content (AvgIpc) is 3.01. The van der Waals surface area contributed by atoms with E-state index in [1.54, 1.807) is 31.3 Å². The Morgan fingerprint density at radius 1 is 1.12 bits per heavy atom. The molecule has 0 aliphatic rings. The van der Waals surface area contributed by atoms with E-state index in [9.17, 15) is 14.7 Å². The van der Waals surface area contributed by atoms with Gasteiger partial charge in [0, 0.05) is 30.3 Å². The van der Waals surface area contributed by atoms with Gasteiger partial charge in [0.2, 0.25) is 0 Å². The van der Waals surface area contributed by atoms with Crippen LogP contribution in [0.25, 0.3) is 11.3 Å². The number of hydrogen-bond acceptors (Lipinski definition) is 5. The normalized spacial score (nSPS) is 10.5. The van der Waals surface area contributed by atoms with E-state index in [0.29, 0.717) is 11.1 Å². The zero-order valence-electron chi connectivity index (χ0n) is 14.3. The van der Waals surface area contributed by atoms with Crippen LogP contribution < -0.4 is 5.32 Å². The molecule has 0 atom stereocenters. The molecule has 0 saturated heterocycles. The molecule has 2 aromatic heterocycles. The van der Waals surface area contributed by atoms with Gasteiger partial charge in [-0.15, -0.1) is 0 Å². The van der Waals surface area contributed by atoms with Crippen molar-refractivity contribution in [3.63, 3.8) is 0 Å². The lowest BCUT2D eigenvalue weighted by molar-refractivity contribution is 0.0682. The highest BCUT2D eigenvalue weighted by Gasteiger charge is 2.16. The first-order chi connectivity index (χ1) is 12.5. The van der Waals surface area contributed by atoms with Gasteiger partial charge in [-0.1, -0.05) is 12.1 Å². The van der Waals surface area contributed by atoms with Crippen molar-refractivity contribution in [3.05, 3.63) is 65.1 Å². The first-order valence-corrected chi connectivity index (χ1v) is 7.89. The van der Waals surface area contributed by atoms with Gasteiger partial charge in [-0.05, 0) is 31.2 Å². The Kier molecular flexibility index (Phi) is 4.74. The maximum absolute atomic E-state index is 12.3. The molecule has 0 spiro atoms. The van der Waals surface area contributed by atoms with Crippen molar-refractivity contribution >= 4 is 11.9 Å². The van der Waals surface area contributed by atoms with Crippen molar-refractivity contribution in [2.24, 2.45) is 7.05 Å². The summed E-state index contributed by atoms with van der Waals surface area (Å²) in [5.74, 6) is -1.38. The van der Waals surface area contributed by atoms with Gasteiger partial charge in [-0.25, -0.2) is 4.79 Å². The molecule has 2 heterocycles. The van der Waals surface area contributed by atoms with Gasteiger partial charge in [-0.2, -0.15) is 15.3 Å². The third-order valence-electron chi connectivity index (χ3n) is 3.90. The molecule has 1 aromatic carbocycles. The monoisotopic (exact) mass is 351 g/mol. The molecule has 0 aliphatic heterocycles. The Labute approximate surface area is 149 Å². The molecule has 0 bridgehead atoms. The van der Waals surface area contributed by atoms with Gasteiger partial charge in [0.05, 0.1) is 17.6 Å². The lowest BCUT2D eigenvalue weighted by Gasteiger charge is -2.06. The van der Waals surface area contributed by atoms with Crippen LogP contribution in [0, 0.1) is 6.92 Å². The molecular formula is C18H17N5O3. The van der Waals surface area contributed by atoms with E-state index in [2.05, 4.69) is 20.6 Å². The molecule has 0 radical (unpaired) electrons. The highest BCUT2D eigenvalue weighted by molar-refractivity contribution is 5.95. The van der Waals surface area contributed by atoms with Gasteiger partial charge in [0.15, 0.2) is 5.69 Å². The zero-order chi connectivity index (χ0) is 18.7. The molecule has 0 saturated carbocycles. The lowest BCUT2D eigenvalue weighted by atomic mass is 10.1. The van der Waals surface area contributed by atoms with E-state index in [-0.39, 0.29) is 18.1 Å². The Morgan fingerprint density at radius 2 is 1.85 bits per heavy atom. The molecule has 8 heteroatoms. The minimum Gasteiger partial charge on any atom is -0.477 e. The van der Waals surface area contributed by atoms with E-state index in [0.717, 1.165) is 17.0 Å². The van der Waals surface area contributed by atoms with E-state index in [4.69, 9.17) is 0 Å². The number of benzene rings is 1. The number of hydrogen-bond donors (Lipinski definition) is 2. The maximum Gasteiger partial charge on any atom is 0.354 e. The molecule has 0 fully saturated rings. The smallest absolute Gasteiger partial charge is 0.354 e. The topological polar surface area (TPSA) is 110 Å². The lowest BCUT2D eigenvalue weighted by Crippen LogP contribution is -2.23. The second-order valence-corrected chi connectivity index (χ2v) is 5.77. The number of carbonyl (C=O) groups excluding carboxylic acids is 1. The molecule has 0 aliphatic carbocycles. The van der Waals surface area contributed by atoms with Crippen molar-refractivity contribution in [1.29, 1.82) is 0 Å². The molecule has 1 amide bonds. The van der Waals surface area contributed by atoms with Crippen LogP contribution in [0.2, 0.25) is 0 Å². The van der Waals surface area contributed by atoms with E-state index in [1.165, 1.54) is 10.9 Å². The maximum atomic E-state index is 12.3. The average molecular weight is 351 g/mol. The number of aryl methyl sites for hydroxylation is 2. The molecule has 26 heavy (non-hydrogen) atoms. The third-order valence-corrected chi connectivity index (χ3v) is 3.90. The Bertz CT molecular complexity index is 946. The molecule has 3 rings (SSSR count). The fourth-order valence-corrected chi connectivity index (χ4v) is 2.51. The van der Waals surface area contributed by atoms with Crippen LogP contribution in [0.3, 0.4) is 0 Å². The summed E-state index contributed by atoms with van der Waals surface area (Å²) in [5, 5.41) is 23.9. The molecule has 8 nitrogen and oxygen atoms in total. The molecule has 0 unspecified atom stereocenters. The van der Waals surface area contributed by atoms with Gasteiger partial charge in [-0.3, -0.25) is 9.48 Å². The van der Waals surface area contributed by atoms with E-state index in [1.807, 2.05) is 19.1 Å². The predicted octanol–water partition coefficient (Wildman–Crippen LogP) is 1.81. The number of aromatic carboxylic acids is 1. The highest BCUT2D eigenvalue weighted by Crippen LogP contribution is 2.17. The standard InChI is InChI=1S/C18H17N5O3/c1-11-3-8-15(22-21-11)12-4-6-13(7-5-12)17(24)19-9-14-10-20-23(2)16(14)18(25)26/h3-8,10H,9H2,1-2H3,(H,19,24)(H,25,26). The fourth-order valence-electron chi connectivity index (χ4n) is 2.51. The summed E-state index contributed by atoms with van der Waals surface area (Å²) < 4.78 is 1.27. The van der Waals surface area contributed by atoms with Crippen LogP contribution in [0.4, 0.5) is 0 Å². The summed E-state index contributed by atoms with van der Waals surface area (Å²) >= 11 is 0. The third kappa shape index (κ3) is 3.59. The van der Waals surface area contributed by atoms with Crippen molar-refractivity contribution in [1.82, 2.24) is 25.3 Å². The number of nitrogens with zero attached hydrogens (tertiary/aromatic N) is 4. The van der Waals surface area contributed by atoms with Crippen LogP contribution in [0.15, 0.2) is 42.6 Å². The molecule has 132 valence electrons. The SMILES string of the molecule is Cc1ccc(-c2ccc(C(=O)NCc3cnn(C)c3C(=O)O)cc2)nn1. The van der Waals surface area contributed by atoms with Gasteiger partial charge in [0.25, 0.3) is 5.91 Å².